The molecule has 0 fully saturated rings. The van der Waals surface area contributed by atoms with E-state index in [0.717, 1.165) is 9.90 Å². The van der Waals surface area contributed by atoms with Crippen LogP contribution in [0.25, 0.3) is 0 Å². The largest absolute Gasteiger partial charge is 0.323 e. The average molecular weight is 246 g/mol. The second-order valence-corrected chi connectivity index (χ2v) is 5.35. The van der Waals surface area contributed by atoms with Gasteiger partial charge in [0.05, 0.1) is 5.02 Å². The molecule has 0 saturated carbocycles. The predicted molar refractivity (Wildman–Crippen MR) is 69.6 cm³/mol. The van der Waals surface area contributed by atoms with E-state index in [1.165, 1.54) is 25.7 Å². The molecule has 1 unspecified atom stereocenters. The Morgan fingerprint density at radius 1 is 1.33 bits per heavy atom. The molecule has 1 rings (SSSR count). The lowest BCUT2D eigenvalue weighted by molar-refractivity contribution is 0.372. The zero-order valence-corrected chi connectivity index (χ0v) is 11.1. The Kier molecular flexibility index (Phi) is 5.65. The molecule has 0 radical (unpaired) electrons. The first kappa shape index (κ1) is 13.0. The third kappa shape index (κ3) is 3.47. The molecular formula is C12H20ClNS. The van der Waals surface area contributed by atoms with Crippen molar-refractivity contribution in [1.82, 2.24) is 0 Å². The van der Waals surface area contributed by atoms with Crippen LogP contribution in [0.1, 0.15) is 50.4 Å². The second-order valence-electron chi connectivity index (χ2n) is 4.00. The van der Waals surface area contributed by atoms with Crippen molar-refractivity contribution in [2.75, 3.05) is 0 Å². The molecule has 86 valence electrons. The predicted octanol–water partition coefficient (Wildman–Crippen LogP) is 4.62. The van der Waals surface area contributed by atoms with E-state index in [-0.39, 0.29) is 6.04 Å². The van der Waals surface area contributed by atoms with E-state index in [4.69, 9.17) is 17.3 Å². The summed E-state index contributed by atoms with van der Waals surface area (Å²) in [5.41, 5.74) is 6.28. The molecule has 1 heterocycles. The van der Waals surface area contributed by atoms with Crippen LogP contribution in [-0.4, -0.2) is 0 Å². The Bertz CT molecular complexity index is 279. The highest BCUT2D eigenvalue weighted by atomic mass is 35.5. The highest BCUT2D eigenvalue weighted by Gasteiger charge is 2.20. The Labute approximate surface area is 102 Å². The van der Waals surface area contributed by atoms with E-state index >= 15 is 0 Å². The second kappa shape index (κ2) is 6.51. The van der Waals surface area contributed by atoms with Crippen LogP contribution >= 0.6 is 22.9 Å². The Morgan fingerprint density at radius 2 is 1.93 bits per heavy atom. The molecular weight excluding hydrogens is 226 g/mol. The van der Waals surface area contributed by atoms with E-state index in [9.17, 15) is 0 Å². The molecule has 1 aromatic rings. The minimum Gasteiger partial charge on any atom is -0.323 e. The molecule has 0 saturated heterocycles. The van der Waals surface area contributed by atoms with Crippen molar-refractivity contribution in [1.29, 1.82) is 0 Å². The first-order valence-corrected chi connectivity index (χ1v) is 6.94. The summed E-state index contributed by atoms with van der Waals surface area (Å²) in [6.45, 7) is 4.43. The topological polar surface area (TPSA) is 26.0 Å². The summed E-state index contributed by atoms with van der Waals surface area (Å²) < 4.78 is 0. The fourth-order valence-electron chi connectivity index (χ4n) is 2.00. The van der Waals surface area contributed by atoms with Crippen LogP contribution < -0.4 is 5.73 Å². The van der Waals surface area contributed by atoms with Gasteiger partial charge in [-0.05, 0) is 30.2 Å². The minimum absolute atomic E-state index is 0.123. The molecule has 0 amide bonds. The number of hydrogen-bond donors (Lipinski definition) is 1. The summed E-state index contributed by atoms with van der Waals surface area (Å²) in [5, 5.41) is 2.86. The molecule has 1 nitrogen and oxygen atoms in total. The standard InChI is InChI=1S/C12H20ClNS/c1-3-5-9(6-4-2)11(14)12-10(13)7-8-15-12/h7-9,11H,3-6,14H2,1-2H3. The maximum absolute atomic E-state index is 6.28. The van der Waals surface area contributed by atoms with Crippen molar-refractivity contribution in [2.45, 2.75) is 45.6 Å². The van der Waals surface area contributed by atoms with Crippen LogP contribution in [0.2, 0.25) is 5.02 Å². The van der Waals surface area contributed by atoms with Gasteiger partial charge in [-0.25, -0.2) is 0 Å². The molecule has 2 N–H and O–H groups in total. The highest BCUT2D eigenvalue weighted by molar-refractivity contribution is 7.10. The number of hydrogen-bond acceptors (Lipinski definition) is 2. The quantitative estimate of drug-likeness (QED) is 0.778. The van der Waals surface area contributed by atoms with E-state index < -0.39 is 0 Å². The Balaban J connectivity index is 2.71. The van der Waals surface area contributed by atoms with Crippen molar-refractivity contribution >= 4 is 22.9 Å². The number of nitrogens with two attached hydrogens (primary N) is 1. The van der Waals surface area contributed by atoms with Crippen LogP contribution in [-0.2, 0) is 0 Å². The maximum atomic E-state index is 6.28. The molecule has 0 bridgehead atoms. The lowest BCUT2D eigenvalue weighted by atomic mass is 9.90. The summed E-state index contributed by atoms with van der Waals surface area (Å²) in [5.74, 6) is 0.580. The summed E-state index contributed by atoms with van der Waals surface area (Å²) >= 11 is 7.79. The lowest BCUT2D eigenvalue weighted by Crippen LogP contribution is -2.20. The summed E-state index contributed by atoms with van der Waals surface area (Å²) in [6.07, 6.45) is 4.79. The molecule has 0 aliphatic carbocycles. The Hall–Kier alpha value is -0.0500. The van der Waals surface area contributed by atoms with Gasteiger partial charge < -0.3 is 5.73 Å². The van der Waals surface area contributed by atoms with Crippen LogP contribution in [0, 0.1) is 5.92 Å². The van der Waals surface area contributed by atoms with Gasteiger partial charge in [0, 0.05) is 10.9 Å². The fourth-order valence-corrected chi connectivity index (χ4v) is 3.28. The molecule has 1 atom stereocenters. The normalized spacial score (nSPS) is 13.4. The minimum atomic E-state index is 0.123. The van der Waals surface area contributed by atoms with Crippen LogP contribution in [0.3, 0.4) is 0 Å². The zero-order valence-electron chi connectivity index (χ0n) is 9.50. The molecule has 0 spiro atoms. The van der Waals surface area contributed by atoms with Gasteiger partial charge in [-0.3, -0.25) is 0 Å². The first-order valence-electron chi connectivity index (χ1n) is 5.69. The lowest BCUT2D eigenvalue weighted by Gasteiger charge is -2.22. The van der Waals surface area contributed by atoms with E-state index in [1.54, 1.807) is 11.3 Å². The number of rotatable bonds is 6. The molecule has 0 aromatic carbocycles. The van der Waals surface area contributed by atoms with Gasteiger partial charge in [0.25, 0.3) is 0 Å². The van der Waals surface area contributed by atoms with Crippen LogP contribution in [0.5, 0.6) is 0 Å². The SMILES string of the molecule is CCCC(CCC)C(N)c1sccc1Cl. The van der Waals surface area contributed by atoms with Crippen molar-refractivity contribution < 1.29 is 0 Å². The van der Waals surface area contributed by atoms with Gasteiger partial charge in [0.1, 0.15) is 0 Å². The summed E-state index contributed by atoms with van der Waals surface area (Å²) in [4.78, 5) is 1.16. The van der Waals surface area contributed by atoms with Gasteiger partial charge in [0.15, 0.2) is 0 Å². The summed E-state index contributed by atoms with van der Waals surface area (Å²) in [6, 6.07) is 2.06. The van der Waals surface area contributed by atoms with Crippen LogP contribution in [0.4, 0.5) is 0 Å². The van der Waals surface area contributed by atoms with Crippen LogP contribution in [0.15, 0.2) is 11.4 Å². The molecule has 1 aromatic heterocycles. The van der Waals surface area contributed by atoms with Crippen molar-refractivity contribution in [3.8, 4) is 0 Å². The fraction of sp³-hybridized carbons (Fsp3) is 0.667. The highest BCUT2D eigenvalue weighted by Crippen LogP contribution is 2.35. The first-order chi connectivity index (χ1) is 7.20. The van der Waals surface area contributed by atoms with Gasteiger partial charge in [0.2, 0.25) is 0 Å². The maximum Gasteiger partial charge on any atom is 0.0561 e. The zero-order chi connectivity index (χ0) is 11.3. The third-order valence-electron chi connectivity index (χ3n) is 2.77. The number of halogens is 1. The third-order valence-corrected chi connectivity index (χ3v) is 4.23. The van der Waals surface area contributed by atoms with Crippen molar-refractivity contribution in [3.63, 3.8) is 0 Å². The molecule has 3 heteroatoms. The number of thiophene rings is 1. The Morgan fingerprint density at radius 3 is 2.33 bits per heavy atom. The molecule has 15 heavy (non-hydrogen) atoms. The van der Waals surface area contributed by atoms with Gasteiger partial charge in [-0.1, -0.05) is 38.3 Å². The molecule has 0 aliphatic heterocycles. The van der Waals surface area contributed by atoms with Gasteiger partial charge in [-0.2, -0.15) is 0 Å². The monoisotopic (exact) mass is 245 g/mol. The van der Waals surface area contributed by atoms with Crippen molar-refractivity contribution in [2.24, 2.45) is 11.7 Å². The van der Waals surface area contributed by atoms with Gasteiger partial charge >= 0.3 is 0 Å². The van der Waals surface area contributed by atoms with Gasteiger partial charge in [-0.15, -0.1) is 11.3 Å². The average Bonchev–Trinajstić information content (AvgIpc) is 2.63. The smallest absolute Gasteiger partial charge is 0.0561 e. The van der Waals surface area contributed by atoms with E-state index in [2.05, 4.69) is 13.8 Å². The summed E-state index contributed by atoms with van der Waals surface area (Å²) in [7, 11) is 0. The van der Waals surface area contributed by atoms with Crippen molar-refractivity contribution in [3.05, 3.63) is 21.3 Å². The van der Waals surface area contributed by atoms with E-state index in [0.29, 0.717) is 5.92 Å². The molecule has 0 aliphatic rings. The van der Waals surface area contributed by atoms with E-state index in [1.807, 2.05) is 11.4 Å².